The maximum Gasteiger partial charge on any atom is 0.459 e. The Balaban J connectivity index is 1.56. The van der Waals surface area contributed by atoms with E-state index < -0.39 is 32.2 Å². The van der Waals surface area contributed by atoms with Gasteiger partial charge in [0.2, 0.25) is 11.8 Å². The summed E-state index contributed by atoms with van der Waals surface area (Å²) in [6, 6.07) is 7.80. The lowest BCUT2D eigenvalue weighted by Crippen LogP contribution is -2.35. The van der Waals surface area contributed by atoms with Crippen LogP contribution in [0.1, 0.15) is 27.0 Å². The number of hydrogen-bond donors (Lipinski definition) is 2. The van der Waals surface area contributed by atoms with Gasteiger partial charge in [-0.15, -0.1) is 0 Å². The minimum Gasteiger partial charge on any atom is -0.479 e. The summed E-state index contributed by atoms with van der Waals surface area (Å²) in [4.78, 5) is 24.6. The number of nitrogens with two attached hydrogens (primary N) is 1. The van der Waals surface area contributed by atoms with Crippen molar-refractivity contribution in [3.63, 3.8) is 0 Å². The van der Waals surface area contributed by atoms with Crippen LogP contribution in [0.4, 0.5) is 5.95 Å². The number of methoxy groups -OCH3 is 2. The molecule has 200 valence electrons. The van der Waals surface area contributed by atoms with Crippen LogP contribution in [0, 0.1) is 5.92 Å². The van der Waals surface area contributed by atoms with E-state index in [-0.39, 0.29) is 30.1 Å². The zero-order valence-corrected chi connectivity index (χ0v) is 22.1. The van der Waals surface area contributed by atoms with Crippen LogP contribution in [0.3, 0.4) is 0 Å². The number of anilines is 1. The SMILES string of the molecule is COc1nc(N)nc2c1ncn2C1OC(COP(=O)(NC(C)C(C)=O)Oc2ccccc2)C(OC)C1C. The van der Waals surface area contributed by atoms with Crippen LogP contribution in [-0.4, -0.2) is 64.4 Å². The van der Waals surface area contributed by atoms with E-state index in [9.17, 15) is 9.36 Å². The number of carbonyl (C=O) groups excluding carboxylic acids is 1. The highest BCUT2D eigenvalue weighted by Crippen LogP contribution is 2.47. The Morgan fingerprint density at radius 2 is 2.00 bits per heavy atom. The lowest BCUT2D eigenvalue weighted by molar-refractivity contribution is -0.118. The molecule has 0 bridgehead atoms. The Hall–Kier alpha value is -3.09. The van der Waals surface area contributed by atoms with Gasteiger partial charge in [0.15, 0.2) is 11.2 Å². The van der Waals surface area contributed by atoms with E-state index >= 15 is 0 Å². The molecular formula is C23H31N6O7P. The summed E-state index contributed by atoms with van der Waals surface area (Å²) in [7, 11) is -0.943. The first-order valence-electron chi connectivity index (χ1n) is 11.7. The molecule has 0 radical (unpaired) electrons. The van der Waals surface area contributed by atoms with E-state index in [0.29, 0.717) is 16.9 Å². The number of nitrogens with zero attached hydrogens (tertiary/aromatic N) is 4. The van der Waals surface area contributed by atoms with Crippen LogP contribution in [0.15, 0.2) is 36.7 Å². The molecule has 1 aliphatic heterocycles. The summed E-state index contributed by atoms with van der Waals surface area (Å²) < 4.78 is 44.2. The lowest BCUT2D eigenvalue weighted by Gasteiger charge is -2.25. The van der Waals surface area contributed by atoms with E-state index in [1.807, 2.05) is 6.92 Å². The molecule has 3 heterocycles. The van der Waals surface area contributed by atoms with Crippen LogP contribution in [-0.2, 0) is 23.4 Å². The Kier molecular flexibility index (Phi) is 8.10. The van der Waals surface area contributed by atoms with Crippen molar-refractivity contribution in [3.05, 3.63) is 36.7 Å². The number of ketones is 1. The molecule has 3 aromatic rings. The number of imidazole rings is 1. The largest absolute Gasteiger partial charge is 0.479 e. The Bertz CT molecular complexity index is 1290. The summed E-state index contributed by atoms with van der Waals surface area (Å²) in [6.07, 6.45) is -0.0523. The predicted molar refractivity (Wildman–Crippen MR) is 134 cm³/mol. The predicted octanol–water partition coefficient (Wildman–Crippen LogP) is 2.74. The van der Waals surface area contributed by atoms with Gasteiger partial charge in [0.05, 0.1) is 32.2 Å². The van der Waals surface area contributed by atoms with Crippen LogP contribution >= 0.6 is 7.75 Å². The summed E-state index contributed by atoms with van der Waals surface area (Å²) >= 11 is 0. The van der Waals surface area contributed by atoms with Crippen LogP contribution in [0.2, 0.25) is 0 Å². The van der Waals surface area contributed by atoms with Crippen molar-refractivity contribution in [1.29, 1.82) is 0 Å². The Labute approximate surface area is 214 Å². The van der Waals surface area contributed by atoms with E-state index in [0.717, 1.165) is 0 Å². The second kappa shape index (κ2) is 11.1. The molecule has 13 nitrogen and oxygen atoms in total. The molecular weight excluding hydrogens is 503 g/mol. The number of para-hydroxylation sites is 1. The zero-order chi connectivity index (χ0) is 26.7. The molecule has 1 aromatic carbocycles. The molecule has 6 atom stereocenters. The molecule has 1 saturated heterocycles. The minimum atomic E-state index is -3.98. The van der Waals surface area contributed by atoms with Crippen molar-refractivity contribution in [2.24, 2.45) is 5.92 Å². The van der Waals surface area contributed by atoms with Crippen molar-refractivity contribution in [3.8, 4) is 11.6 Å². The number of Topliss-reactive ketones (excluding diaryl/α,β-unsaturated/α-hetero) is 1. The van der Waals surface area contributed by atoms with Crippen molar-refractivity contribution in [1.82, 2.24) is 24.6 Å². The monoisotopic (exact) mass is 534 g/mol. The van der Waals surface area contributed by atoms with Gasteiger partial charge in [-0.25, -0.2) is 14.6 Å². The first kappa shape index (κ1) is 27.0. The van der Waals surface area contributed by atoms with Gasteiger partial charge >= 0.3 is 7.75 Å². The normalized spacial score (nSPS) is 24.0. The molecule has 4 rings (SSSR count). The Morgan fingerprint density at radius 1 is 1.27 bits per heavy atom. The molecule has 37 heavy (non-hydrogen) atoms. The third-order valence-electron chi connectivity index (χ3n) is 6.13. The highest BCUT2D eigenvalue weighted by molar-refractivity contribution is 7.52. The van der Waals surface area contributed by atoms with Crippen LogP contribution in [0.5, 0.6) is 11.6 Å². The smallest absolute Gasteiger partial charge is 0.459 e. The molecule has 1 fully saturated rings. The number of aromatic nitrogens is 4. The molecule has 2 aromatic heterocycles. The highest BCUT2D eigenvalue weighted by atomic mass is 31.2. The number of nitrogen functional groups attached to an aromatic ring is 1. The summed E-state index contributed by atoms with van der Waals surface area (Å²) in [5.41, 5.74) is 6.73. The van der Waals surface area contributed by atoms with Gasteiger partial charge in [-0.1, -0.05) is 25.1 Å². The fraction of sp³-hybridized carbons (Fsp3) is 0.478. The average Bonchev–Trinajstić information content (AvgIpc) is 3.42. The number of rotatable bonds is 11. The molecule has 6 unspecified atom stereocenters. The van der Waals surface area contributed by atoms with Crippen LogP contribution in [0.25, 0.3) is 11.2 Å². The number of ether oxygens (including phenoxy) is 3. The van der Waals surface area contributed by atoms with E-state index in [1.165, 1.54) is 14.0 Å². The standard InChI is InChI=1S/C23H31N6O7P/c1-13-19(32-4)17(35-22(13)29-12-25-18-20(29)26-23(24)27-21(18)33-5)11-34-37(31,28-14(2)15(3)30)36-16-9-7-6-8-10-16/h6-10,12-14,17,19,22H,11H2,1-5H3,(H,28,31)(H2,24,26,27). The summed E-state index contributed by atoms with van der Waals surface area (Å²) in [5, 5.41) is 2.70. The zero-order valence-electron chi connectivity index (χ0n) is 21.2. The second-order valence-corrected chi connectivity index (χ2v) is 10.4. The van der Waals surface area contributed by atoms with Gasteiger partial charge in [-0.2, -0.15) is 9.97 Å². The molecule has 0 amide bonds. The number of nitrogens with one attached hydrogen (secondary N) is 1. The van der Waals surface area contributed by atoms with Gasteiger partial charge in [0.1, 0.15) is 23.9 Å². The van der Waals surface area contributed by atoms with Gasteiger partial charge in [0, 0.05) is 13.0 Å². The molecule has 0 spiro atoms. The fourth-order valence-corrected chi connectivity index (χ4v) is 5.72. The maximum atomic E-state index is 13.7. The van der Waals surface area contributed by atoms with Crippen molar-refractivity contribution >= 4 is 30.6 Å². The first-order valence-corrected chi connectivity index (χ1v) is 13.2. The number of fused-ring (bicyclic) bond motifs is 1. The molecule has 14 heteroatoms. The summed E-state index contributed by atoms with van der Waals surface area (Å²) in [6.45, 7) is 4.77. The third kappa shape index (κ3) is 5.76. The molecule has 1 aliphatic rings. The number of carbonyl (C=O) groups is 1. The van der Waals surface area contributed by atoms with Crippen molar-refractivity contribution < 1.29 is 32.6 Å². The minimum absolute atomic E-state index is 0.0320. The lowest BCUT2D eigenvalue weighted by atomic mass is 10.0. The van der Waals surface area contributed by atoms with Gasteiger partial charge < -0.3 is 24.5 Å². The molecule has 0 aliphatic carbocycles. The van der Waals surface area contributed by atoms with E-state index in [1.54, 1.807) is 55.3 Å². The van der Waals surface area contributed by atoms with Crippen molar-refractivity contribution in [2.75, 3.05) is 26.6 Å². The number of benzene rings is 1. The topological polar surface area (TPSA) is 162 Å². The molecule has 3 N–H and O–H groups in total. The Morgan fingerprint density at radius 3 is 2.65 bits per heavy atom. The fourth-order valence-electron chi connectivity index (χ4n) is 4.15. The first-order chi connectivity index (χ1) is 17.7. The third-order valence-corrected chi connectivity index (χ3v) is 7.78. The van der Waals surface area contributed by atoms with Gasteiger partial charge in [-0.05, 0) is 26.0 Å². The van der Waals surface area contributed by atoms with Gasteiger partial charge in [0.25, 0.3) is 0 Å². The number of hydrogen-bond acceptors (Lipinski definition) is 11. The van der Waals surface area contributed by atoms with Crippen molar-refractivity contribution in [2.45, 2.75) is 45.2 Å². The van der Waals surface area contributed by atoms with E-state index in [4.69, 9.17) is 29.0 Å². The highest BCUT2D eigenvalue weighted by Gasteiger charge is 2.45. The van der Waals surface area contributed by atoms with Gasteiger partial charge in [-0.3, -0.25) is 13.9 Å². The maximum absolute atomic E-state index is 13.7. The average molecular weight is 535 g/mol. The second-order valence-electron chi connectivity index (χ2n) is 8.70. The quantitative estimate of drug-likeness (QED) is 0.347. The van der Waals surface area contributed by atoms with E-state index in [2.05, 4.69) is 20.0 Å². The molecule has 0 saturated carbocycles. The van der Waals surface area contributed by atoms with Crippen LogP contribution < -0.4 is 20.1 Å². The summed E-state index contributed by atoms with van der Waals surface area (Å²) in [5.74, 6) is 0.206.